The maximum absolute atomic E-state index is 12.6. The first-order valence-corrected chi connectivity index (χ1v) is 6.64. The Morgan fingerprint density at radius 3 is 2.76 bits per heavy atom. The average Bonchev–Trinajstić information content (AvgIpc) is 3.28. The van der Waals surface area contributed by atoms with Crippen molar-refractivity contribution in [1.29, 1.82) is 0 Å². The molecule has 1 aliphatic carbocycles. The van der Waals surface area contributed by atoms with Crippen molar-refractivity contribution in [2.75, 3.05) is 6.54 Å². The van der Waals surface area contributed by atoms with Crippen LogP contribution >= 0.6 is 0 Å². The lowest BCUT2D eigenvalue weighted by atomic mass is 10.2. The largest absolute Gasteiger partial charge is 0.327 e. The number of nitrogens with zero attached hydrogens (tertiary/aromatic N) is 2. The van der Waals surface area contributed by atoms with E-state index < -0.39 is 24.4 Å². The van der Waals surface area contributed by atoms with Crippen LogP contribution in [-0.2, 0) is 0 Å². The molecule has 0 bridgehead atoms. The van der Waals surface area contributed by atoms with Gasteiger partial charge < -0.3 is 9.88 Å². The second-order valence-electron chi connectivity index (χ2n) is 5.01. The minimum absolute atomic E-state index is 0.178. The average molecular weight is 293 g/mol. The van der Waals surface area contributed by atoms with E-state index in [2.05, 4.69) is 9.97 Å². The molecule has 110 valence electrons. The molecule has 1 aliphatic rings. The Kier molecular flexibility index (Phi) is 3.40. The van der Waals surface area contributed by atoms with E-state index in [1.807, 2.05) is 0 Å². The predicted octanol–water partition coefficient (Wildman–Crippen LogP) is 1.79. The standard InChI is InChI=1S/C14H13F2N3O2/c15-11(16)7-19(8-5-6-8)14(21)12-17-10-4-2-1-3-9(10)13(20)18-12/h1-4,8,11H,5-7H2,(H,17,18,20). The lowest BCUT2D eigenvalue weighted by Gasteiger charge is -2.21. The Bertz CT molecular complexity index is 740. The van der Waals surface area contributed by atoms with Gasteiger partial charge in [-0.3, -0.25) is 9.59 Å². The molecule has 1 fully saturated rings. The zero-order valence-corrected chi connectivity index (χ0v) is 11.1. The van der Waals surface area contributed by atoms with Crippen LogP contribution in [0.4, 0.5) is 8.78 Å². The van der Waals surface area contributed by atoms with Gasteiger partial charge in [0.05, 0.1) is 17.4 Å². The molecule has 1 saturated carbocycles. The monoisotopic (exact) mass is 293 g/mol. The first-order chi connectivity index (χ1) is 10.1. The molecule has 1 aromatic carbocycles. The summed E-state index contributed by atoms with van der Waals surface area (Å²) in [5, 5.41) is 0.362. The highest BCUT2D eigenvalue weighted by Crippen LogP contribution is 2.28. The summed E-state index contributed by atoms with van der Waals surface area (Å²) in [6.45, 7) is -0.639. The van der Waals surface area contributed by atoms with Gasteiger partial charge in [-0.25, -0.2) is 13.8 Å². The lowest BCUT2D eigenvalue weighted by Crippen LogP contribution is -2.38. The molecule has 1 aromatic heterocycles. The summed E-state index contributed by atoms with van der Waals surface area (Å²) in [4.78, 5) is 31.8. The van der Waals surface area contributed by atoms with Crippen molar-refractivity contribution in [2.24, 2.45) is 0 Å². The van der Waals surface area contributed by atoms with Crippen molar-refractivity contribution < 1.29 is 13.6 Å². The molecule has 0 atom stereocenters. The number of amides is 1. The molecule has 0 saturated heterocycles. The molecule has 0 aliphatic heterocycles. The summed E-state index contributed by atoms with van der Waals surface area (Å²) in [7, 11) is 0. The quantitative estimate of drug-likeness (QED) is 0.934. The maximum Gasteiger partial charge on any atom is 0.290 e. The molecular weight excluding hydrogens is 280 g/mol. The number of halogens is 2. The van der Waals surface area contributed by atoms with Crippen molar-refractivity contribution in [3.63, 3.8) is 0 Å². The van der Waals surface area contributed by atoms with Gasteiger partial charge in [0.15, 0.2) is 5.82 Å². The Labute approximate surface area is 118 Å². The minimum Gasteiger partial charge on any atom is -0.327 e. The van der Waals surface area contributed by atoms with Gasteiger partial charge in [0.25, 0.3) is 17.9 Å². The molecule has 2 aromatic rings. The van der Waals surface area contributed by atoms with E-state index in [4.69, 9.17) is 0 Å². The fourth-order valence-corrected chi connectivity index (χ4v) is 2.26. The molecule has 3 rings (SSSR count). The molecule has 0 radical (unpaired) electrons. The number of aromatic nitrogens is 2. The molecule has 1 N–H and O–H groups in total. The highest BCUT2D eigenvalue weighted by Gasteiger charge is 2.35. The van der Waals surface area contributed by atoms with Gasteiger partial charge in [0.2, 0.25) is 0 Å². The number of para-hydroxylation sites is 1. The van der Waals surface area contributed by atoms with Crippen LogP contribution in [0.2, 0.25) is 0 Å². The van der Waals surface area contributed by atoms with Gasteiger partial charge in [-0.05, 0) is 25.0 Å². The second-order valence-corrected chi connectivity index (χ2v) is 5.01. The molecule has 5 nitrogen and oxygen atoms in total. The summed E-state index contributed by atoms with van der Waals surface area (Å²) in [6.07, 6.45) is -1.20. The van der Waals surface area contributed by atoms with Crippen LogP contribution in [0.5, 0.6) is 0 Å². The van der Waals surface area contributed by atoms with Gasteiger partial charge in [0, 0.05) is 6.04 Å². The summed E-state index contributed by atoms with van der Waals surface area (Å²) < 4.78 is 25.2. The topological polar surface area (TPSA) is 66.1 Å². The minimum atomic E-state index is -2.61. The summed E-state index contributed by atoms with van der Waals surface area (Å²) in [5.41, 5.74) is -0.0749. The summed E-state index contributed by atoms with van der Waals surface area (Å²) >= 11 is 0. The van der Waals surface area contributed by atoms with E-state index in [9.17, 15) is 18.4 Å². The third-order valence-corrected chi connectivity index (χ3v) is 3.40. The number of benzene rings is 1. The normalized spacial score (nSPS) is 14.6. The number of carbonyl (C=O) groups excluding carboxylic acids is 1. The fraction of sp³-hybridized carbons (Fsp3) is 0.357. The molecule has 7 heteroatoms. The number of hydrogen-bond acceptors (Lipinski definition) is 3. The Morgan fingerprint density at radius 1 is 1.38 bits per heavy atom. The summed E-state index contributed by atoms with van der Waals surface area (Å²) in [5.74, 6) is -0.841. The lowest BCUT2D eigenvalue weighted by molar-refractivity contribution is 0.0524. The third kappa shape index (κ3) is 2.76. The Morgan fingerprint density at radius 2 is 2.10 bits per heavy atom. The highest BCUT2D eigenvalue weighted by molar-refractivity contribution is 5.93. The van der Waals surface area contributed by atoms with Crippen LogP contribution in [0, 0.1) is 0 Å². The number of hydrogen-bond donors (Lipinski definition) is 1. The molecule has 0 unspecified atom stereocenters. The van der Waals surface area contributed by atoms with Crippen molar-refractivity contribution in [3.8, 4) is 0 Å². The van der Waals surface area contributed by atoms with Crippen LogP contribution in [0.15, 0.2) is 29.1 Å². The SMILES string of the molecule is O=C(c1nc2ccccc2c(=O)[nH]1)N(CC(F)F)C1CC1. The zero-order chi connectivity index (χ0) is 15.0. The van der Waals surface area contributed by atoms with Crippen molar-refractivity contribution in [1.82, 2.24) is 14.9 Å². The molecular formula is C14H13F2N3O2. The van der Waals surface area contributed by atoms with Gasteiger partial charge in [0.1, 0.15) is 0 Å². The van der Waals surface area contributed by atoms with E-state index in [0.29, 0.717) is 23.7 Å². The fourth-order valence-electron chi connectivity index (χ4n) is 2.26. The molecule has 1 amide bonds. The number of carbonyl (C=O) groups is 1. The number of alkyl halides is 2. The van der Waals surface area contributed by atoms with Crippen LogP contribution in [0.1, 0.15) is 23.5 Å². The first-order valence-electron chi connectivity index (χ1n) is 6.64. The van der Waals surface area contributed by atoms with Gasteiger partial charge >= 0.3 is 0 Å². The number of H-pyrrole nitrogens is 1. The van der Waals surface area contributed by atoms with Crippen molar-refractivity contribution >= 4 is 16.8 Å². The van der Waals surface area contributed by atoms with E-state index in [-0.39, 0.29) is 11.9 Å². The molecule has 0 spiro atoms. The number of nitrogens with one attached hydrogen (secondary N) is 1. The first kappa shape index (κ1) is 13.7. The molecule has 1 heterocycles. The third-order valence-electron chi connectivity index (χ3n) is 3.40. The maximum atomic E-state index is 12.6. The van der Waals surface area contributed by atoms with E-state index in [1.165, 1.54) is 0 Å². The van der Waals surface area contributed by atoms with Crippen LogP contribution in [0.3, 0.4) is 0 Å². The van der Waals surface area contributed by atoms with E-state index in [0.717, 1.165) is 4.90 Å². The van der Waals surface area contributed by atoms with Crippen LogP contribution < -0.4 is 5.56 Å². The highest BCUT2D eigenvalue weighted by atomic mass is 19.3. The molecule has 21 heavy (non-hydrogen) atoms. The van der Waals surface area contributed by atoms with Gasteiger partial charge in [-0.1, -0.05) is 12.1 Å². The second kappa shape index (κ2) is 5.23. The van der Waals surface area contributed by atoms with E-state index in [1.54, 1.807) is 24.3 Å². The Hall–Kier alpha value is -2.31. The van der Waals surface area contributed by atoms with Crippen LogP contribution in [-0.4, -0.2) is 39.8 Å². The number of rotatable bonds is 4. The number of fused-ring (bicyclic) bond motifs is 1. The van der Waals surface area contributed by atoms with Crippen molar-refractivity contribution in [2.45, 2.75) is 25.3 Å². The smallest absolute Gasteiger partial charge is 0.290 e. The van der Waals surface area contributed by atoms with E-state index >= 15 is 0 Å². The summed E-state index contributed by atoms with van der Waals surface area (Å²) in [6, 6.07) is 6.40. The zero-order valence-electron chi connectivity index (χ0n) is 11.1. The Balaban J connectivity index is 1.98. The van der Waals surface area contributed by atoms with Crippen LogP contribution in [0.25, 0.3) is 10.9 Å². The van der Waals surface area contributed by atoms with Crippen molar-refractivity contribution in [3.05, 3.63) is 40.4 Å². The predicted molar refractivity (Wildman–Crippen MR) is 72.4 cm³/mol. The number of aromatic amines is 1. The van der Waals surface area contributed by atoms with Gasteiger partial charge in [-0.15, -0.1) is 0 Å². The van der Waals surface area contributed by atoms with Gasteiger partial charge in [-0.2, -0.15) is 0 Å².